The molecule has 29 heavy (non-hydrogen) atoms. The fraction of sp³-hybridized carbons (Fsp3) is 0.455. The summed E-state index contributed by atoms with van der Waals surface area (Å²) in [5, 5.41) is 15.4. The van der Waals surface area contributed by atoms with Gasteiger partial charge in [0.1, 0.15) is 5.82 Å². The minimum atomic E-state index is -0.0842. The van der Waals surface area contributed by atoms with Gasteiger partial charge in [0.15, 0.2) is 0 Å². The first-order valence-corrected chi connectivity index (χ1v) is 9.97. The van der Waals surface area contributed by atoms with Crippen molar-refractivity contribution in [2.75, 3.05) is 24.3 Å². The van der Waals surface area contributed by atoms with Crippen LogP contribution >= 0.6 is 0 Å². The SMILES string of the molecule is Cc1nc(N[C@H]2CC[C@@H](NC(=O)c3ccc(C#N)cc3)CC2)nc(N(C)C)c1C. The van der Waals surface area contributed by atoms with Crippen molar-refractivity contribution >= 4 is 17.7 Å². The third kappa shape index (κ3) is 5.02. The highest BCUT2D eigenvalue weighted by Crippen LogP contribution is 2.24. The first-order chi connectivity index (χ1) is 13.9. The highest BCUT2D eigenvalue weighted by molar-refractivity contribution is 5.94. The van der Waals surface area contributed by atoms with E-state index in [1.54, 1.807) is 24.3 Å². The zero-order valence-corrected chi connectivity index (χ0v) is 17.5. The molecule has 152 valence electrons. The van der Waals surface area contributed by atoms with Crippen LogP contribution in [0.1, 0.15) is 52.9 Å². The van der Waals surface area contributed by atoms with Crippen molar-refractivity contribution in [3.8, 4) is 6.07 Å². The number of aromatic nitrogens is 2. The molecule has 0 aliphatic heterocycles. The van der Waals surface area contributed by atoms with Crippen molar-refractivity contribution in [1.29, 1.82) is 5.26 Å². The standard InChI is InChI=1S/C22H28N6O/c1-14-15(2)24-22(27-20(14)28(3)4)26-19-11-9-18(10-12-19)25-21(29)17-7-5-16(13-23)6-8-17/h5-8,18-19H,9-12H2,1-4H3,(H,25,29)(H,24,26,27)/t18-,19+. The molecule has 0 saturated heterocycles. The minimum absolute atomic E-state index is 0.0842. The minimum Gasteiger partial charge on any atom is -0.362 e. The fourth-order valence-electron chi connectivity index (χ4n) is 3.64. The van der Waals surface area contributed by atoms with Gasteiger partial charge >= 0.3 is 0 Å². The van der Waals surface area contributed by atoms with E-state index in [9.17, 15) is 4.79 Å². The second-order valence-electron chi connectivity index (χ2n) is 7.83. The fourth-order valence-corrected chi connectivity index (χ4v) is 3.64. The maximum Gasteiger partial charge on any atom is 0.251 e. The number of amides is 1. The number of rotatable bonds is 5. The molecule has 0 bridgehead atoms. The molecule has 3 rings (SSSR count). The molecule has 1 aromatic heterocycles. The van der Waals surface area contributed by atoms with Gasteiger partial charge in [-0.3, -0.25) is 4.79 Å². The Morgan fingerprint density at radius 1 is 1.07 bits per heavy atom. The van der Waals surface area contributed by atoms with Gasteiger partial charge in [0.2, 0.25) is 5.95 Å². The molecule has 0 atom stereocenters. The monoisotopic (exact) mass is 392 g/mol. The molecule has 2 aromatic rings. The van der Waals surface area contributed by atoms with Crippen LogP contribution in [-0.2, 0) is 0 Å². The molecule has 1 heterocycles. The Morgan fingerprint density at radius 3 is 2.28 bits per heavy atom. The Hall–Kier alpha value is -3.14. The Labute approximate surface area is 172 Å². The molecular formula is C22H28N6O. The number of benzene rings is 1. The molecule has 1 aliphatic rings. The lowest BCUT2D eigenvalue weighted by Crippen LogP contribution is -2.40. The molecule has 0 spiro atoms. The van der Waals surface area contributed by atoms with E-state index in [4.69, 9.17) is 5.26 Å². The van der Waals surface area contributed by atoms with E-state index < -0.39 is 0 Å². The van der Waals surface area contributed by atoms with Crippen molar-refractivity contribution < 1.29 is 4.79 Å². The summed E-state index contributed by atoms with van der Waals surface area (Å²) >= 11 is 0. The molecule has 0 unspecified atom stereocenters. The van der Waals surface area contributed by atoms with Crippen molar-refractivity contribution in [3.63, 3.8) is 0 Å². The van der Waals surface area contributed by atoms with Gasteiger partial charge in [0.05, 0.1) is 11.6 Å². The van der Waals surface area contributed by atoms with E-state index in [1.165, 1.54) is 0 Å². The molecule has 1 aromatic carbocycles. The number of carbonyl (C=O) groups is 1. The number of hydrogen-bond donors (Lipinski definition) is 2. The first kappa shape index (κ1) is 20.6. The van der Waals surface area contributed by atoms with E-state index in [0.29, 0.717) is 23.1 Å². The highest BCUT2D eigenvalue weighted by Gasteiger charge is 2.24. The van der Waals surface area contributed by atoms with Crippen LogP contribution in [0.4, 0.5) is 11.8 Å². The summed E-state index contributed by atoms with van der Waals surface area (Å²) in [7, 11) is 3.97. The number of carbonyl (C=O) groups excluding carboxylic acids is 1. The summed E-state index contributed by atoms with van der Waals surface area (Å²) in [5.41, 5.74) is 3.22. The average Bonchev–Trinajstić information content (AvgIpc) is 2.71. The maximum atomic E-state index is 12.4. The van der Waals surface area contributed by atoms with E-state index in [0.717, 1.165) is 42.8 Å². The molecule has 1 fully saturated rings. The van der Waals surface area contributed by atoms with Crippen LogP contribution < -0.4 is 15.5 Å². The molecule has 1 saturated carbocycles. The maximum absolute atomic E-state index is 12.4. The Balaban J connectivity index is 1.54. The van der Waals surface area contributed by atoms with Gasteiger partial charge in [-0.05, 0) is 63.8 Å². The van der Waals surface area contributed by atoms with Crippen LogP contribution in [0.3, 0.4) is 0 Å². The molecule has 1 aliphatic carbocycles. The molecule has 0 radical (unpaired) electrons. The van der Waals surface area contributed by atoms with Crippen LogP contribution in [0.2, 0.25) is 0 Å². The lowest BCUT2D eigenvalue weighted by molar-refractivity contribution is 0.0926. The summed E-state index contributed by atoms with van der Waals surface area (Å²) in [4.78, 5) is 23.7. The van der Waals surface area contributed by atoms with Crippen molar-refractivity contribution in [2.24, 2.45) is 0 Å². The summed E-state index contributed by atoms with van der Waals surface area (Å²) in [6.07, 6.45) is 3.72. The topological polar surface area (TPSA) is 93.9 Å². The second-order valence-corrected chi connectivity index (χ2v) is 7.83. The normalized spacial score (nSPS) is 18.6. The number of nitrogens with zero attached hydrogens (tertiary/aromatic N) is 4. The van der Waals surface area contributed by atoms with Crippen molar-refractivity contribution in [1.82, 2.24) is 15.3 Å². The van der Waals surface area contributed by atoms with Gasteiger partial charge in [-0.15, -0.1) is 0 Å². The van der Waals surface area contributed by atoms with Crippen molar-refractivity contribution in [3.05, 3.63) is 46.6 Å². The summed E-state index contributed by atoms with van der Waals surface area (Å²) in [6, 6.07) is 9.25. The predicted molar refractivity (Wildman–Crippen MR) is 114 cm³/mol. The summed E-state index contributed by atoms with van der Waals surface area (Å²) < 4.78 is 0. The largest absolute Gasteiger partial charge is 0.362 e. The Morgan fingerprint density at radius 2 is 1.69 bits per heavy atom. The Bertz CT molecular complexity index is 908. The van der Waals surface area contributed by atoms with Gasteiger partial charge in [-0.1, -0.05) is 0 Å². The zero-order valence-electron chi connectivity index (χ0n) is 17.5. The van der Waals surface area contributed by atoms with E-state index >= 15 is 0 Å². The number of anilines is 2. The van der Waals surface area contributed by atoms with E-state index in [-0.39, 0.29) is 11.9 Å². The van der Waals surface area contributed by atoms with Crippen LogP contribution in [0.15, 0.2) is 24.3 Å². The van der Waals surface area contributed by atoms with Crippen molar-refractivity contribution in [2.45, 2.75) is 51.6 Å². The van der Waals surface area contributed by atoms with Gasteiger partial charge in [-0.25, -0.2) is 4.98 Å². The number of hydrogen-bond acceptors (Lipinski definition) is 6. The highest BCUT2D eigenvalue weighted by atomic mass is 16.1. The molecule has 2 N–H and O–H groups in total. The summed E-state index contributed by atoms with van der Waals surface area (Å²) in [5.74, 6) is 1.52. The average molecular weight is 393 g/mol. The van der Waals surface area contributed by atoms with Gasteiger partial charge < -0.3 is 15.5 Å². The molecular weight excluding hydrogens is 364 g/mol. The zero-order chi connectivity index (χ0) is 21.0. The molecule has 7 heteroatoms. The number of aryl methyl sites for hydroxylation is 1. The van der Waals surface area contributed by atoms with Crippen LogP contribution in [0.5, 0.6) is 0 Å². The molecule has 7 nitrogen and oxygen atoms in total. The third-order valence-electron chi connectivity index (χ3n) is 5.46. The number of nitrogens with one attached hydrogen (secondary N) is 2. The lowest BCUT2D eigenvalue weighted by Gasteiger charge is -2.30. The van der Waals surface area contributed by atoms with Gasteiger partial charge in [0, 0.05) is 43.0 Å². The van der Waals surface area contributed by atoms with Crippen LogP contribution in [0, 0.1) is 25.2 Å². The second kappa shape index (κ2) is 8.91. The first-order valence-electron chi connectivity index (χ1n) is 9.97. The van der Waals surface area contributed by atoms with Gasteiger partial charge in [0.25, 0.3) is 5.91 Å². The summed E-state index contributed by atoms with van der Waals surface area (Å²) in [6.45, 7) is 4.04. The molecule has 1 amide bonds. The lowest BCUT2D eigenvalue weighted by atomic mass is 9.91. The smallest absolute Gasteiger partial charge is 0.251 e. The quantitative estimate of drug-likeness (QED) is 0.812. The Kier molecular flexibility index (Phi) is 6.32. The van der Waals surface area contributed by atoms with Crippen LogP contribution in [0.25, 0.3) is 0 Å². The van der Waals surface area contributed by atoms with E-state index in [1.807, 2.05) is 32.8 Å². The number of nitriles is 1. The third-order valence-corrected chi connectivity index (χ3v) is 5.46. The predicted octanol–water partition coefficient (Wildman–Crippen LogP) is 3.18. The van der Waals surface area contributed by atoms with Crippen LogP contribution in [-0.4, -0.2) is 42.1 Å². The van der Waals surface area contributed by atoms with Gasteiger partial charge in [-0.2, -0.15) is 10.2 Å². The van der Waals surface area contributed by atoms with E-state index in [2.05, 4.69) is 26.7 Å².